The molecule has 4 rings (SSSR count). The molecule has 0 radical (unpaired) electrons. The second-order valence-corrected chi connectivity index (χ2v) is 8.83. The van der Waals surface area contributed by atoms with Crippen LogP contribution in [0, 0.1) is 0 Å². The smallest absolute Gasteiger partial charge is 0.233 e. The Kier molecular flexibility index (Phi) is 7.10. The maximum Gasteiger partial charge on any atom is 0.233 e. The lowest BCUT2D eigenvalue weighted by atomic mass is 10.1. The Balaban J connectivity index is 1.51. The average Bonchev–Trinajstić information content (AvgIpc) is 3.20. The number of morpholine rings is 1. The van der Waals surface area contributed by atoms with Crippen LogP contribution in [0.5, 0.6) is 0 Å². The van der Waals surface area contributed by atoms with Crippen LogP contribution in [0.1, 0.15) is 24.5 Å². The zero-order chi connectivity index (χ0) is 20.8. The van der Waals surface area contributed by atoms with Gasteiger partial charge in [-0.15, -0.1) is 0 Å². The van der Waals surface area contributed by atoms with Crippen molar-refractivity contribution in [1.82, 2.24) is 4.98 Å². The lowest BCUT2D eigenvalue weighted by Gasteiger charge is -2.25. The predicted octanol–water partition coefficient (Wildman–Crippen LogP) is 2.74. The third kappa shape index (κ3) is 5.25. The quantitative estimate of drug-likeness (QED) is 0.605. The van der Waals surface area contributed by atoms with E-state index in [1.54, 1.807) is 16.2 Å². The van der Waals surface area contributed by atoms with Crippen LogP contribution in [-0.4, -0.2) is 50.3 Å². The monoisotopic (exact) mass is 424 g/mol. The van der Waals surface area contributed by atoms with Crippen LogP contribution in [0.15, 0.2) is 48.5 Å². The first-order valence-corrected chi connectivity index (χ1v) is 11.7. The van der Waals surface area contributed by atoms with E-state index in [9.17, 15) is 4.79 Å². The highest BCUT2D eigenvalue weighted by Crippen LogP contribution is 2.30. The van der Waals surface area contributed by atoms with Gasteiger partial charge in [0.05, 0.1) is 36.4 Å². The summed E-state index contributed by atoms with van der Waals surface area (Å²) < 4.78 is 6.61. The number of quaternary nitrogens is 1. The summed E-state index contributed by atoms with van der Waals surface area (Å²) >= 11 is 1.63. The third-order valence-electron chi connectivity index (χ3n) is 5.69. The zero-order valence-corrected chi connectivity index (χ0v) is 18.4. The normalized spacial score (nSPS) is 14.8. The number of thiazole rings is 1. The maximum absolute atomic E-state index is 13.3. The maximum atomic E-state index is 13.3. The van der Waals surface area contributed by atoms with Gasteiger partial charge in [0.1, 0.15) is 13.1 Å². The average molecular weight is 425 g/mol. The molecule has 1 N–H and O–H groups in total. The number of nitrogens with zero attached hydrogens (tertiary/aromatic N) is 2. The topological polar surface area (TPSA) is 46.9 Å². The fourth-order valence-corrected chi connectivity index (χ4v) is 4.95. The SMILES string of the molecule is CCc1ccc2nc(N(CCC[NH+]3CCOCC3)C(=O)Cc3ccccc3)sc2c1. The minimum Gasteiger partial charge on any atom is -0.370 e. The minimum atomic E-state index is 0.118. The van der Waals surface area contributed by atoms with Gasteiger partial charge in [-0.1, -0.05) is 54.7 Å². The van der Waals surface area contributed by atoms with Gasteiger partial charge in [-0.2, -0.15) is 0 Å². The van der Waals surface area contributed by atoms with Crippen LogP contribution in [-0.2, 0) is 22.4 Å². The van der Waals surface area contributed by atoms with Crippen molar-refractivity contribution in [3.05, 3.63) is 59.7 Å². The summed E-state index contributed by atoms with van der Waals surface area (Å²) in [5, 5.41) is 0.816. The van der Waals surface area contributed by atoms with Gasteiger partial charge in [0.15, 0.2) is 5.13 Å². The fourth-order valence-electron chi connectivity index (χ4n) is 3.88. The number of aryl methyl sites for hydroxylation is 1. The first-order chi connectivity index (χ1) is 14.7. The lowest BCUT2D eigenvalue weighted by Crippen LogP contribution is -3.14. The molecular weight excluding hydrogens is 394 g/mol. The molecule has 0 atom stereocenters. The second kappa shape index (κ2) is 10.2. The Hall–Kier alpha value is -2.28. The number of carbonyl (C=O) groups excluding carboxylic acids is 1. The van der Waals surface area contributed by atoms with E-state index >= 15 is 0 Å². The van der Waals surface area contributed by atoms with E-state index in [0.717, 1.165) is 66.6 Å². The zero-order valence-electron chi connectivity index (χ0n) is 17.6. The van der Waals surface area contributed by atoms with Gasteiger partial charge in [-0.25, -0.2) is 4.98 Å². The number of benzene rings is 2. The molecule has 6 heteroatoms. The number of nitrogens with one attached hydrogen (secondary N) is 1. The number of amides is 1. The summed E-state index contributed by atoms with van der Waals surface area (Å²) in [5.74, 6) is 0.118. The van der Waals surface area contributed by atoms with E-state index in [-0.39, 0.29) is 5.91 Å². The fraction of sp³-hybridized carbons (Fsp3) is 0.417. The first kappa shape index (κ1) is 21.0. The highest BCUT2D eigenvalue weighted by Gasteiger charge is 2.21. The Morgan fingerprint density at radius 1 is 1.13 bits per heavy atom. The molecule has 1 fully saturated rings. The molecule has 1 aliphatic heterocycles. The number of aromatic nitrogens is 1. The predicted molar refractivity (Wildman–Crippen MR) is 122 cm³/mol. The molecule has 0 saturated carbocycles. The number of carbonyl (C=O) groups is 1. The van der Waals surface area contributed by atoms with Gasteiger partial charge in [0.25, 0.3) is 0 Å². The van der Waals surface area contributed by atoms with E-state index in [1.165, 1.54) is 5.56 Å². The number of hydrogen-bond donors (Lipinski definition) is 1. The molecule has 0 unspecified atom stereocenters. The van der Waals surface area contributed by atoms with E-state index in [0.29, 0.717) is 13.0 Å². The van der Waals surface area contributed by atoms with Crippen molar-refractivity contribution in [3.8, 4) is 0 Å². The minimum absolute atomic E-state index is 0.118. The van der Waals surface area contributed by atoms with E-state index in [2.05, 4.69) is 25.1 Å². The molecule has 2 aromatic carbocycles. The molecule has 2 heterocycles. The lowest BCUT2D eigenvalue weighted by molar-refractivity contribution is -0.908. The van der Waals surface area contributed by atoms with Gasteiger partial charge < -0.3 is 9.64 Å². The Bertz CT molecular complexity index is 967. The number of hydrogen-bond acceptors (Lipinski definition) is 4. The molecular formula is C24H30N3O2S+. The molecule has 0 bridgehead atoms. The summed E-state index contributed by atoms with van der Waals surface area (Å²) in [7, 11) is 0. The third-order valence-corrected chi connectivity index (χ3v) is 6.73. The summed E-state index contributed by atoms with van der Waals surface area (Å²) in [5.41, 5.74) is 3.32. The van der Waals surface area contributed by atoms with Crippen molar-refractivity contribution in [2.45, 2.75) is 26.2 Å². The van der Waals surface area contributed by atoms with Crippen molar-refractivity contribution >= 4 is 32.6 Å². The van der Waals surface area contributed by atoms with E-state index < -0.39 is 0 Å². The Morgan fingerprint density at radius 3 is 2.70 bits per heavy atom. The van der Waals surface area contributed by atoms with Crippen molar-refractivity contribution < 1.29 is 14.4 Å². The molecule has 1 saturated heterocycles. The molecule has 5 nitrogen and oxygen atoms in total. The van der Waals surface area contributed by atoms with Crippen molar-refractivity contribution in [2.24, 2.45) is 0 Å². The second-order valence-electron chi connectivity index (χ2n) is 7.83. The largest absolute Gasteiger partial charge is 0.370 e. The number of rotatable bonds is 8. The van der Waals surface area contributed by atoms with Crippen LogP contribution in [0.3, 0.4) is 0 Å². The Labute approximate surface area is 182 Å². The molecule has 3 aromatic rings. The van der Waals surface area contributed by atoms with Crippen LogP contribution in [0.4, 0.5) is 5.13 Å². The highest BCUT2D eigenvalue weighted by molar-refractivity contribution is 7.22. The number of ether oxygens (including phenoxy) is 1. The summed E-state index contributed by atoms with van der Waals surface area (Å²) in [6.45, 7) is 7.71. The standard InChI is InChI=1S/C24H29N3O2S/c1-2-19-9-10-21-22(17-19)30-24(25-21)27(12-6-11-26-13-15-29-16-14-26)23(28)18-20-7-4-3-5-8-20/h3-5,7-10,17H,2,6,11-16,18H2,1H3/p+1. The number of fused-ring (bicyclic) bond motifs is 1. The van der Waals surface area contributed by atoms with Crippen molar-refractivity contribution in [3.63, 3.8) is 0 Å². The van der Waals surface area contributed by atoms with Gasteiger partial charge in [-0.3, -0.25) is 9.69 Å². The van der Waals surface area contributed by atoms with E-state index in [1.807, 2.05) is 35.2 Å². The van der Waals surface area contributed by atoms with Gasteiger partial charge in [-0.05, 0) is 29.7 Å². The molecule has 0 spiro atoms. The van der Waals surface area contributed by atoms with Gasteiger partial charge >= 0.3 is 0 Å². The van der Waals surface area contributed by atoms with Crippen LogP contribution in [0.25, 0.3) is 10.2 Å². The van der Waals surface area contributed by atoms with Crippen molar-refractivity contribution in [2.75, 3.05) is 44.3 Å². The molecule has 1 aromatic heterocycles. The van der Waals surface area contributed by atoms with Gasteiger partial charge in [0, 0.05) is 13.0 Å². The summed E-state index contributed by atoms with van der Waals surface area (Å²) in [6.07, 6.45) is 2.37. The van der Waals surface area contributed by atoms with Crippen LogP contribution < -0.4 is 9.80 Å². The highest BCUT2D eigenvalue weighted by atomic mass is 32.1. The molecule has 1 amide bonds. The van der Waals surface area contributed by atoms with E-state index in [4.69, 9.17) is 9.72 Å². The van der Waals surface area contributed by atoms with Crippen LogP contribution >= 0.6 is 11.3 Å². The molecule has 0 aliphatic carbocycles. The molecule has 30 heavy (non-hydrogen) atoms. The summed E-state index contributed by atoms with van der Waals surface area (Å²) in [6, 6.07) is 16.4. The first-order valence-electron chi connectivity index (χ1n) is 10.9. The van der Waals surface area contributed by atoms with Crippen LogP contribution in [0.2, 0.25) is 0 Å². The van der Waals surface area contributed by atoms with Gasteiger partial charge in [0.2, 0.25) is 5.91 Å². The summed E-state index contributed by atoms with van der Waals surface area (Å²) in [4.78, 5) is 21.5. The Morgan fingerprint density at radius 2 is 1.93 bits per heavy atom. The molecule has 1 aliphatic rings. The molecule has 158 valence electrons. The number of anilines is 1. The van der Waals surface area contributed by atoms with Crippen molar-refractivity contribution in [1.29, 1.82) is 0 Å².